The van der Waals surface area contributed by atoms with Crippen LogP contribution >= 0.6 is 0 Å². The molecule has 0 radical (unpaired) electrons. The van der Waals surface area contributed by atoms with Gasteiger partial charge in [0, 0.05) is 44.5 Å². The highest BCUT2D eigenvalue weighted by Crippen LogP contribution is 2.24. The Morgan fingerprint density at radius 3 is 2.83 bits per heavy atom. The maximum Gasteiger partial charge on any atom is 0.222 e. The minimum atomic E-state index is -0.511. The Morgan fingerprint density at radius 2 is 2.08 bits per heavy atom. The molecule has 2 heterocycles. The molecule has 7 heteroatoms. The van der Waals surface area contributed by atoms with E-state index in [4.69, 9.17) is 4.74 Å². The van der Waals surface area contributed by atoms with Gasteiger partial charge in [0.1, 0.15) is 0 Å². The summed E-state index contributed by atoms with van der Waals surface area (Å²) >= 11 is 0. The summed E-state index contributed by atoms with van der Waals surface area (Å²) in [6, 6.07) is -0.0361. The van der Waals surface area contributed by atoms with Gasteiger partial charge in [0.2, 0.25) is 5.91 Å². The molecule has 1 aromatic heterocycles. The molecule has 24 heavy (non-hydrogen) atoms. The van der Waals surface area contributed by atoms with Crippen LogP contribution in [0.1, 0.15) is 32.1 Å². The number of aromatic nitrogens is 2. The highest BCUT2D eigenvalue weighted by molar-refractivity contribution is 5.76. The van der Waals surface area contributed by atoms with Gasteiger partial charge in [-0.1, -0.05) is 12.8 Å². The molecule has 134 valence electrons. The van der Waals surface area contributed by atoms with Crippen molar-refractivity contribution >= 4 is 5.91 Å². The van der Waals surface area contributed by atoms with Crippen molar-refractivity contribution in [2.24, 2.45) is 0 Å². The van der Waals surface area contributed by atoms with Crippen LogP contribution in [0.4, 0.5) is 0 Å². The number of morpholine rings is 1. The van der Waals surface area contributed by atoms with Crippen molar-refractivity contribution < 1.29 is 14.6 Å². The number of aliphatic hydroxyl groups is 1. The number of ether oxygens (including phenoxy) is 1. The Hall–Kier alpha value is -1.44. The number of carbonyl (C=O) groups excluding carboxylic acids is 1. The molecule has 1 aliphatic heterocycles. The van der Waals surface area contributed by atoms with Crippen molar-refractivity contribution in [1.29, 1.82) is 0 Å². The number of hydrogen-bond donors (Lipinski definition) is 2. The first kappa shape index (κ1) is 17.4. The fourth-order valence-corrected chi connectivity index (χ4v) is 3.72. The lowest BCUT2D eigenvalue weighted by Gasteiger charge is -2.38. The maximum atomic E-state index is 12.3. The van der Waals surface area contributed by atoms with Gasteiger partial charge in [0.15, 0.2) is 0 Å². The van der Waals surface area contributed by atoms with Crippen LogP contribution in [-0.2, 0) is 16.1 Å². The predicted molar refractivity (Wildman–Crippen MR) is 89.4 cm³/mol. The van der Waals surface area contributed by atoms with E-state index in [-0.39, 0.29) is 18.0 Å². The second kappa shape index (κ2) is 8.60. The summed E-state index contributed by atoms with van der Waals surface area (Å²) in [6.45, 7) is 3.80. The van der Waals surface area contributed by atoms with E-state index >= 15 is 0 Å². The zero-order chi connectivity index (χ0) is 16.8. The van der Waals surface area contributed by atoms with Crippen LogP contribution in [0.5, 0.6) is 0 Å². The Morgan fingerprint density at radius 1 is 1.29 bits per heavy atom. The summed E-state index contributed by atoms with van der Waals surface area (Å²) in [5.41, 5.74) is 0. The molecule has 7 nitrogen and oxygen atoms in total. The molecule has 0 bridgehead atoms. The second-order valence-corrected chi connectivity index (χ2v) is 6.72. The number of carbonyl (C=O) groups is 1. The number of aryl methyl sites for hydroxylation is 1. The standard InChI is InChI=1S/C17H28N4O3/c22-16(5-7-20-8-6-18-13-20)19-14-3-1-2-4-15(17(14)23)21-9-11-24-12-10-21/h6,8,13-15,17,23H,1-5,7,9-12H2,(H,19,22)/t14-,15-,17-/m1/s1. The van der Waals surface area contributed by atoms with Gasteiger partial charge in [-0.3, -0.25) is 9.69 Å². The third-order valence-electron chi connectivity index (χ3n) is 5.09. The molecule has 2 fully saturated rings. The van der Waals surface area contributed by atoms with Crippen LogP contribution < -0.4 is 5.32 Å². The molecule has 3 rings (SSSR count). The van der Waals surface area contributed by atoms with E-state index < -0.39 is 6.10 Å². The topological polar surface area (TPSA) is 79.6 Å². The molecule has 2 aliphatic rings. The fourth-order valence-electron chi connectivity index (χ4n) is 3.72. The monoisotopic (exact) mass is 336 g/mol. The van der Waals surface area contributed by atoms with Crippen molar-refractivity contribution in [3.8, 4) is 0 Å². The highest BCUT2D eigenvalue weighted by atomic mass is 16.5. The molecule has 0 unspecified atom stereocenters. The van der Waals surface area contributed by atoms with Crippen molar-refractivity contribution in [2.75, 3.05) is 26.3 Å². The first-order valence-corrected chi connectivity index (χ1v) is 8.99. The Bertz CT molecular complexity index is 502. The van der Waals surface area contributed by atoms with Gasteiger partial charge in [0.05, 0.1) is 31.7 Å². The molecular formula is C17H28N4O3. The van der Waals surface area contributed by atoms with Crippen LogP contribution in [-0.4, -0.2) is 70.0 Å². The summed E-state index contributed by atoms with van der Waals surface area (Å²) in [6.07, 6.45) is 9.14. The Labute approximate surface area is 143 Å². The van der Waals surface area contributed by atoms with E-state index in [9.17, 15) is 9.90 Å². The van der Waals surface area contributed by atoms with Gasteiger partial charge in [-0.2, -0.15) is 0 Å². The van der Waals surface area contributed by atoms with Crippen molar-refractivity contribution in [3.63, 3.8) is 0 Å². The van der Waals surface area contributed by atoms with E-state index in [1.807, 2.05) is 10.8 Å². The lowest BCUT2D eigenvalue weighted by Crippen LogP contribution is -2.55. The summed E-state index contributed by atoms with van der Waals surface area (Å²) in [5.74, 6) is -0.00428. The summed E-state index contributed by atoms with van der Waals surface area (Å²) < 4.78 is 7.30. The number of hydrogen-bond acceptors (Lipinski definition) is 5. The number of rotatable bonds is 5. The van der Waals surface area contributed by atoms with Crippen LogP contribution in [0.3, 0.4) is 0 Å². The smallest absolute Gasteiger partial charge is 0.222 e. The third kappa shape index (κ3) is 4.55. The first-order chi connectivity index (χ1) is 11.7. The number of aliphatic hydroxyl groups excluding tert-OH is 1. The SMILES string of the molecule is O=C(CCn1ccnc1)N[C@@H]1CCCC[C@@H](N2CCOCC2)[C@@H]1O. The molecule has 1 saturated carbocycles. The molecule has 1 aromatic rings. The average Bonchev–Trinajstić information content (AvgIpc) is 3.06. The van der Waals surface area contributed by atoms with Gasteiger partial charge in [0.25, 0.3) is 0 Å². The quantitative estimate of drug-likeness (QED) is 0.761. The van der Waals surface area contributed by atoms with Crippen molar-refractivity contribution in [2.45, 2.75) is 56.8 Å². The van der Waals surface area contributed by atoms with Crippen LogP contribution in [0.25, 0.3) is 0 Å². The normalized spacial score (nSPS) is 29.1. The van der Waals surface area contributed by atoms with Gasteiger partial charge in [-0.25, -0.2) is 4.98 Å². The highest BCUT2D eigenvalue weighted by Gasteiger charge is 2.35. The van der Waals surface area contributed by atoms with Gasteiger partial charge in [-0.15, -0.1) is 0 Å². The van der Waals surface area contributed by atoms with Gasteiger partial charge < -0.3 is 19.7 Å². The van der Waals surface area contributed by atoms with Crippen LogP contribution in [0.2, 0.25) is 0 Å². The molecule has 1 aliphatic carbocycles. The number of nitrogens with zero attached hydrogens (tertiary/aromatic N) is 3. The minimum absolute atomic E-state index is 0.00428. The van der Waals surface area contributed by atoms with E-state index in [0.717, 1.165) is 52.0 Å². The molecule has 0 aromatic carbocycles. The van der Waals surface area contributed by atoms with E-state index in [1.54, 1.807) is 12.5 Å². The maximum absolute atomic E-state index is 12.3. The molecule has 0 spiro atoms. The average molecular weight is 336 g/mol. The molecule has 2 N–H and O–H groups in total. The number of imidazole rings is 1. The summed E-state index contributed by atoms with van der Waals surface area (Å²) in [5, 5.41) is 13.9. The van der Waals surface area contributed by atoms with Crippen molar-refractivity contribution in [1.82, 2.24) is 19.8 Å². The second-order valence-electron chi connectivity index (χ2n) is 6.72. The first-order valence-electron chi connectivity index (χ1n) is 8.99. The lowest BCUT2D eigenvalue weighted by atomic mass is 9.99. The van der Waals surface area contributed by atoms with Gasteiger partial charge >= 0.3 is 0 Å². The zero-order valence-corrected chi connectivity index (χ0v) is 14.1. The van der Waals surface area contributed by atoms with E-state index in [2.05, 4.69) is 15.2 Å². The fraction of sp³-hybridized carbons (Fsp3) is 0.765. The molecular weight excluding hydrogens is 308 g/mol. The van der Waals surface area contributed by atoms with Crippen molar-refractivity contribution in [3.05, 3.63) is 18.7 Å². The van der Waals surface area contributed by atoms with Crippen LogP contribution in [0, 0.1) is 0 Å². The number of amides is 1. The van der Waals surface area contributed by atoms with E-state index in [1.165, 1.54) is 0 Å². The Kier molecular flexibility index (Phi) is 6.23. The van der Waals surface area contributed by atoms with Crippen LogP contribution in [0.15, 0.2) is 18.7 Å². The Balaban J connectivity index is 1.53. The predicted octanol–water partition coefficient (Wildman–Crippen LogP) is 0.394. The van der Waals surface area contributed by atoms with Gasteiger partial charge in [-0.05, 0) is 12.8 Å². The van der Waals surface area contributed by atoms with E-state index in [0.29, 0.717) is 13.0 Å². The number of nitrogens with one attached hydrogen (secondary N) is 1. The zero-order valence-electron chi connectivity index (χ0n) is 14.1. The molecule has 3 atom stereocenters. The molecule has 1 amide bonds. The minimum Gasteiger partial charge on any atom is -0.389 e. The summed E-state index contributed by atoms with van der Waals surface area (Å²) in [7, 11) is 0. The summed E-state index contributed by atoms with van der Waals surface area (Å²) in [4.78, 5) is 18.6. The third-order valence-corrected chi connectivity index (χ3v) is 5.09. The molecule has 1 saturated heterocycles. The largest absolute Gasteiger partial charge is 0.389 e. The lowest BCUT2D eigenvalue weighted by molar-refractivity contribution is -0.123.